The molecule has 0 saturated heterocycles. The van der Waals surface area contributed by atoms with Crippen molar-refractivity contribution in [3.63, 3.8) is 0 Å². The quantitative estimate of drug-likeness (QED) is 0.447. The maximum atomic E-state index is 4.25. The Balaban J connectivity index is 4.68. The molecule has 0 saturated carbocycles. The van der Waals surface area contributed by atoms with Gasteiger partial charge in [0.25, 0.3) is 0 Å². The summed E-state index contributed by atoms with van der Waals surface area (Å²) in [6.07, 6.45) is 7.03. The first-order chi connectivity index (χ1) is 5.52. The first-order valence-corrected chi connectivity index (χ1v) is 4.00. The van der Waals surface area contributed by atoms with Crippen molar-refractivity contribution in [1.29, 1.82) is 0 Å². The van der Waals surface area contributed by atoms with Crippen molar-refractivity contribution in [3.05, 3.63) is 37.1 Å². The molecule has 1 heteroatoms. The molecule has 0 aromatic rings. The number of aliphatic imine (C=N–C) groups is 1. The van der Waals surface area contributed by atoms with Crippen LogP contribution in [-0.4, -0.2) is 6.21 Å². The highest BCUT2D eigenvalue weighted by atomic mass is 14.7. The lowest BCUT2D eigenvalue weighted by molar-refractivity contribution is 0.499. The number of allylic oxidation sites excluding steroid dienone is 4. The molecule has 1 nitrogen and oxygen atoms in total. The lowest BCUT2D eigenvalue weighted by Crippen LogP contribution is -2.07. The lowest BCUT2D eigenvalue weighted by atomic mass is 9.92. The van der Waals surface area contributed by atoms with Gasteiger partial charge < -0.3 is 0 Å². The second-order valence-corrected chi connectivity index (χ2v) is 3.55. The standard InChI is InChI=1S/C11H17N/c1-6-8-10(11(3,4)5)12-9-7-2/h6-9H,1-2H2,3-5H3/b10-8-,12-9?. The topological polar surface area (TPSA) is 12.4 Å². The van der Waals surface area contributed by atoms with Gasteiger partial charge in [-0.1, -0.05) is 46.1 Å². The first kappa shape index (κ1) is 10.9. The van der Waals surface area contributed by atoms with Crippen molar-refractivity contribution in [2.75, 3.05) is 0 Å². The zero-order valence-electron chi connectivity index (χ0n) is 8.17. The van der Waals surface area contributed by atoms with E-state index in [0.717, 1.165) is 5.70 Å². The summed E-state index contributed by atoms with van der Waals surface area (Å²) in [4.78, 5) is 4.25. The highest BCUT2D eigenvalue weighted by Crippen LogP contribution is 2.25. The van der Waals surface area contributed by atoms with Crippen molar-refractivity contribution < 1.29 is 0 Å². The molecule has 0 aliphatic carbocycles. The molecule has 0 fully saturated rings. The third-order valence-corrected chi connectivity index (χ3v) is 1.36. The highest BCUT2D eigenvalue weighted by Gasteiger charge is 2.14. The molecule has 0 heterocycles. The lowest BCUT2D eigenvalue weighted by Gasteiger charge is -2.18. The van der Waals surface area contributed by atoms with Crippen LogP contribution in [0.5, 0.6) is 0 Å². The second kappa shape index (κ2) is 4.70. The van der Waals surface area contributed by atoms with E-state index in [1.54, 1.807) is 18.4 Å². The zero-order valence-corrected chi connectivity index (χ0v) is 8.17. The van der Waals surface area contributed by atoms with Crippen molar-refractivity contribution >= 4 is 6.21 Å². The van der Waals surface area contributed by atoms with Crippen LogP contribution in [0, 0.1) is 5.41 Å². The van der Waals surface area contributed by atoms with Crippen LogP contribution in [0.4, 0.5) is 0 Å². The molecular formula is C11H17N. The highest BCUT2D eigenvalue weighted by molar-refractivity contribution is 5.71. The van der Waals surface area contributed by atoms with Crippen molar-refractivity contribution in [2.24, 2.45) is 10.4 Å². The van der Waals surface area contributed by atoms with Crippen LogP contribution >= 0.6 is 0 Å². The van der Waals surface area contributed by atoms with Crippen LogP contribution in [0.15, 0.2) is 42.1 Å². The Kier molecular flexibility index (Phi) is 4.27. The van der Waals surface area contributed by atoms with Gasteiger partial charge in [-0.15, -0.1) is 0 Å². The van der Waals surface area contributed by atoms with E-state index in [4.69, 9.17) is 0 Å². The predicted octanol–water partition coefficient (Wildman–Crippen LogP) is 3.36. The maximum absolute atomic E-state index is 4.25. The van der Waals surface area contributed by atoms with E-state index in [-0.39, 0.29) is 5.41 Å². The Hall–Kier alpha value is -1.11. The second-order valence-electron chi connectivity index (χ2n) is 3.55. The third kappa shape index (κ3) is 3.91. The molecule has 0 amide bonds. The summed E-state index contributed by atoms with van der Waals surface area (Å²) in [5.74, 6) is 0. The minimum atomic E-state index is 0.0632. The summed E-state index contributed by atoms with van der Waals surface area (Å²) in [5.41, 5.74) is 1.07. The van der Waals surface area contributed by atoms with Crippen LogP contribution in [-0.2, 0) is 0 Å². The predicted molar refractivity (Wildman–Crippen MR) is 56.4 cm³/mol. The number of hydrogen-bond acceptors (Lipinski definition) is 1. The SMILES string of the molecule is C=CC=N/C(=C\C=C)C(C)(C)C. The van der Waals surface area contributed by atoms with Gasteiger partial charge in [0.1, 0.15) is 0 Å². The Bertz CT molecular complexity index is 214. The molecule has 0 bridgehead atoms. The summed E-state index contributed by atoms with van der Waals surface area (Å²) < 4.78 is 0. The molecule has 0 aromatic heterocycles. The first-order valence-electron chi connectivity index (χ1n) is 4.00. The minimum Gasteiger partial charge on any atom is -0.261 e. The molecular weight excluding hydrogens is 146 g/mol. The van der Waals surface area contributed by atoms with Gasteiger partial charge in [-0.2, -0.15) is 0 Å². The normalized spacial score (nSPS) is 13.4. The summed E-state index contributed by atoms with van der Waals surface area (Å²) in [6, 6.07) is 0. The number of hydrogen-bond donors (Lipinski definition) is 0. The summed E-state index contributed by atoms with van der Waals surface area (Å²) in [6.45, 7) is 13.6. The number of rotatable bonds is 3. The van der Waals surface area contributed by atoms with E-state index >= 15 is 0 Å². The smallest absolute Gasteiger partial charge is 0.0456 e. The molecule has 66 valence electrons. The Labute approximate surface area is 75.2 Å². The average Bonchev–Trinajstić information content (AvgIpc) is 1.95. The van der Waals surface area contributed by atoms with E-state index in [1.165, 1.54) is 0 Å². The number of nitrogens with zero attached hydrogens (tertiary/aromatic N) is 1. The van der Waals surface area contributed by atoms with Crippen LogP contribution in [0.3, 0.4) is 0 Å². The monoisotopic (exact) mass is 163 g/mol. The molecule has 0 unspecified atom stereocenters. The summed E-state index contributed by atoms with van der Waals surface area (Å²) >= 11 is 0. The maximum Gasteiger partial charge on any atom is 0.0456 e. The van der Waals surface area contributed by atoms with Gasteiger partial charge >= 0.3 is 0 Å². The molecule has 0 radical (unpaired) electrons. The van der Waals surface area contributed by atoms with Gasteiger partial charge in [-0.05, 0) is 6.08 Å². The van der Waals surface area contributed by atoms with Crippen molar-refractivity contribution in [3.8, 4) is 0 Å². The van der Waals surface area contributed by atoms with Gasteiger partial charge in [0, 0.05) is 17.3 Å². The van der Waals surface area contributed by atoms with E-state index < -0.39 is 0 Å². The van der Waals surface area contributed by atoms with Gasteiger partial charge in [0.2, 0.25) is 0 Å². The average molecular weight is 163 g/mol. The molecule has 0 aromatic carbocycles. The van der Waals surface area contributed by atoms with Gasteiger partial charge in [0.05, 0.1) is 0 Å². The largest absolute Gasteiger partial charge is 0.261 e. The molecule has 0 N–H and O–H groups in total. The third-order valence-electron chi connectivity index (χ3n) is 1.36. The van der Waals surface area contributed by atoms with Crippen LogP contribution < -0.4 is 0 Å². The summed E-state index contributed by atoms with van der Waals surface area (Å²) in [5, 5.41) is 0. The Morgan fingerprint density at radius 3 is 2.08 bits per heavy atom. The summed E-state index contributed by atoms with van der Waals surface area (Å²) in [7, 11) is 0. The van der Waals surface area contributed by atoms with Gasteiger partial charge in [0.15, 0.2) is 0 Å². The molecule has 0 atom stereocenters. The van der Waals surface area contributed by atoms with Gasteiger partial charge in [-0.3, -0.25) is 4.99 Å². The minimum absolute atomic E-state index is 0.0632. The Morgan fingerprint density at radius 2 is 1.75 bits per heavy atom. The van der Waals surface area contributed by atoms with Crippen LogP contribution in [0.1, 0.15) is 20.8 Å². The fourth-order valence-corrected chi connectivity index (χ4v) is 0.731. The molecule has 0 aliphatic rings. The van der Waals surface area contributed by atoms with Crippen molar-refractivity contribution in [2.45, 2.75) is 20.8 Å². The Morgan fingerprint density at radius 1 is 1.17 bits per heavy atom. The van der Waals surface area contributed by atoms with Crippen LogP contribution in [0.2, 0.25) is 0 Å². The molecule has 12 heavy (non-hydrogen) atoms. The molecule has 0 aliphatic heterocycles. The van der Waals surface area contributed by atoms with Crippen LogP contribution in [0.25, 0.3) is 0 Å². The van der Waals surface area contributed by atoms with E-state index in [2.05, 4.69) is 38.9 Å². The van der Waals surface area contributed by atoms with E-state index in [9.17, 15) is 0 Å². The molecule has 0 spiro atoms. The van der Waals surface area contributed by atoms with Crippen molar-refractivity contribution in [1.82, 2.24) is 0 Å². The van der Waals surface area contributed by atoms with E-state index in [1.807, 2.05) is 6.08 Å². The molecule has 0 rings (SSSR count). The van der Waals surface area contributed by atoms with E-state index in [0.29, 0.717) is 0 Å². The fraction of sp³-hybridized carbons (Fsp3) is 0.364. The zero-order chi connectivity index (χ0) is 9.61. The van der Waals surface area contributed by atoms with Gasteiger partial charge in [-0.25, -0.2) is 0 Å². The fourth-order valence-electron chi connectivity index (χ4n) is 0.731.